The van der Waals surface area contributed by atoms with Gasteiger partial charge in [-0.1, -0.05) is 30.3 Å². The molecule has 4 nitrogen and oxygen atoms in total. The van der Waals surface area contributed by atoms with Gasteiger partial charge in [-0.05, 0) is 48.6 Å². The van der Waals surface area contributed by atoms with Gasteiger partial charge in [0, 0.05) is 0 Å². The van der Waals surface area contributed by atoms with Gasteiger partial charge in [0.1, 0.15) is 0 Å². The Kier molecular flexibility index (Phi) is 4.57. The van der Waals surface area contributed by atoms with Crippen LogP contribution in [0.4, 0.5) is 11.4 Å². The third-order valence-electron chi connectivity index (χ3n) is 3.30. The number of isocyanates is 2. The second kappa shape index (κ2) is 6.58. The molecule has 0 amide bonds. The Morgan fingerprint density at radius 2 is 1.71 bits per heavy atom. The maximum absolute atomic E-state index is 10.6. The van der Waals surface area contributed by atoms with Crippen molar-refractivity contribution in [3.63, 3.8) is 0 Å². The fourth-order valence-electron chi connectivity index (χ4n) is 2.29. The van der Waals surface area contributed by atoms with Crippen LogP contribution in [0.25, 0.3) is 0 Å². The highest BCUT2D eigenvalue weighted by molar-refractivity contribution is 5.60. The summed E-state index contributed by atoms with van der Waals surface area (Å²) in [5, 5.41) is 0. The lowest BCUT2D eigenvalue weighted by Crippen LogP contribution is -1.91. The molecule has 0 saturated heterocycles. The van der Waals surface area contributed by atoms with Gasteiger partial charge >= 0.3 is 0 Å². The summed E-state index contributed by atoms with van der Waals surface area (Å²) in [6.45, 7) is 3.80. The highest BCUT2D eigenvalue weighted by Gasteiger charge is 2.07. The van der Waals surface area contributed by atoms with Crippen LogP contribution in [0.5, 0.6) is 0 Å². The molecule has 0 radical (unpaired) electrons. The molecule has 0 saturated carbocycles. The summed E-state index contributed by atoms with van der Waals surface area (Å²) in [5.41, 5.74) is 5.15. The van der Waals surface area contributed by atoms with Crippen molar-refractivity contribution in [2.75, 3.05) is 0 Å². The van der Waals surface area contributed by atoms with Gasteiger partial charge in [-0.15, -0.1) is 0 Å². The highest BCUT2D eigenvalue weighted by atomic mass is 16.1. The molecule has 104 valence electrons. The first-order chi connectivity index (χ1) is 10.2. The number of hydrogen-bond acceptors (Lipinski definition) is 4. The van der Waals surface area contributed by atoms with E-state index in [1.54, 1.807) is 18.2 Å². The van der Waals surface area contributed by atoms with Crippen LogP contribution < -0.4 is 0 Å². The Hall–Kier alpha value is -2.80. The largest absolute Gasteiger partial charge is 0.240 e. The zero-order valence-corrected chi connectivity index (χ0v) is 11.9. The minimum absolute atomic E-state index is 0.615. The highest BCUT2D eigenvalue weighted by Crippen LogP contribution is 2.27. The van der Waals surface area contributed by atoms with E-state index >= 15 is 0 Å². The van der Waals surface area contributed by atoms with E-state index in [0.29, 0.717) is 17.8 Å². The number of carbonyl (C=O) groups excluding carboxylic acids is 2. The zero-order valence-electron chi connectivity index (χ0n) is 11.9. The summed E-state index contributed by atoms with van der Waals surface area (Å²) in [7, 11) is 0. The first-order valence-electron chi connectivity index (χ1n) is 6.49. The SMILES string of the molecule is Cc1cc(Cc2cccc(C)c2N=C=O)ccc1N=C=O. The molecule has 0 unspecified atom stereocenters. The summed E-state index contributed by atoms with van der Waals surface area (Å²) >= 11 is 0. The summed E-state index contributed by atoms with van der Waals surface area (Å²) in [5.74, 6) is 0. The molecule has 0 aliphatic carbocycles. The Bertz CT molecular complexity index is 768. The van der Waals surface area contributed by atoms with E-state index in [2.05, 4.69) is 9.98 Å². The van der Waals surface area contributed by atoms with Crippen LogP contribution in [0.1, 0.15) is 22.3 Å². The Morgan fingerprint density at radius 3 is 2.38 bits per heavy atom. The lowest BCUT2D eigenvalue weighted by atomic mass is 9.99. The van der Waals surface area contributed by atoms with Gasteiger partial charge in [0.05, 0.1) is 11.4 Å². The second-order valence-electron chi connectivity index (χ2n) is 4.79. The van der Waals surface area contributed by atoms with E-state index < -0.39 is 0 Å². The predicted octanol–water partition coefficient (Wildman–Crippen LogP) is 3.83. The van der Waals surface area contributed by atoms with Crippen molar-refractivity contribution in [1.29, 1.82) is 0 Å². The number of aliphatic imine (C=N–C) groups is 2. The first kappa shape index (κ1) is 14.6. The van der Waals surface area contributed by atoms with Gasteiger partial charge < -0.3 is 0 Å². The van der Waals surface area contributed by atoms with Crippen LogP contribution >= 0.6 is 0 Å². The van der Waals surface area contributed by atoms with E-state index in [4.69, 9.17) is 0 Å². The van der Waals surface area contributed by atoms with Crippen LogP contribution in [0.3, 0.4) is 0 Å². The number of aryl methyl sites for hydroxylation is 2. The molecule has 0 aliphatic rings. The van der Waals surface area contributed by atoms with Crippen LogP contribution in [-0.4, -0.2) is 12.2 Å². The van der Waals surface area contributed by atoms with Gasteiger partial charge in [-0.3, -0.25) is 0 Å². The van der Waals surface area contributed by atoms with Gasteiger partial charge in [-0.25, -0.2) is 9.59 Å². The molecule has 0 N–H and O–H groups in total. The second-order valence-corrected chi connectivity index (χ2v) is 4.79. The quantitative estimate of drug-likeness (QED) is 0.630. The monoisotopic (exact) mass is 278 g/mol. The van der Waals surface area contributed by atoms with Crippen molar-refractivity contribution in [1.82, 2.24) is 0 Å². The van der Waals surface area contributed by atoms with Crippen LogP contribution in [-0.2, 0) is 16.0 Å². The van der Waals surface area contributed by atoms with Crippen LogP contribution in [0, 0.1) is 13.8 Å². The normalized spacial score (nSPS) is 9.62. The fraction of sp³-hybridized carbons (Fsp3) is 0.176. The van der Waals surface area contributed by atoms with Gasteiger partial charge in [0.15, 0.2) is 0 Å². The molecule has 2 aromatic rings. The van der Waals surface area contributed by atoms with Crippen LogP contribution in [0.15, 0.2) is 46.4 Å². The van der Waals surface area contributed by atoms with E-state index in [-0.39, 0.29) is 0 Å². The van der Waals surface area contributed by atoms with Gasteiger partial charge in [0.2, 0.25) is 12.2 Å². The van der Waals surface area contributed by atoms with Crippen molar-refractivity contribution >= 4 is 23.5 Å². The van der Waals surface area contributed by atoms with Crippen LogP contribution in [0.2, 0.25) is 0 Å². The maximum Gasteiger partial charge on any atom is 0.240 e. The summed E-state index contributed by atoms with van der Waals surface area (Å²) < 4.78 is 0. The predicted molar refractivity (Wildman–Crippen MR) is 80.7 cm³/mol. The van der Waals surface area contributed by atoms with E-state index in [1.807, 2.05) is 44.2 Å². The van der Waals surface area contributed by atoms with E-state index in [0.717, 1.165) is 22.3 Å². The minimum Gasteiger partial charge on any atom is -0.211 e. The van der Waals surface area contributed by atoms with Crippen molar-refractivity contribution in [2.45, 2.75) is 20.3 Å². The molecule has 0 atom stereocenters. The third-order valence-corrected chi connectivity index (χ3v) is 3.30. The molecule has 4 heteroatoms. The molecule has 21 heavy (non-hydrogen) atoms. The molecule has 0 aromatic heterocycles. The maximum atomic E-state index is 10.6. The summed E-state index contributed by atoms with van der Waals surface area (Å²) in [6.07, 6.45) is 3.80. The van der Waals surface area contributed by atoms with E-state index in [9.17, 15) is 9.59 Å². The number of para-hydroxylation sites is 1. The molecule has 2 rings (SSSR count). The topological polar surface area (TPSA) is 58.9 Å². The van der Waals surface area contributed by atoms with Crippen molar-refractivity contribution < 1.29 is 9.59 Å². The smallest absolute Gasteiger partial charge is 0.211 e. The first-order valence-corrected chi connectivity index (χ1v) is 6.49. The van der Waals surface area contributed by atoms with Crippen molar-refractivity contribution in [3.8, 4) is 0 Å². The molecular weight excluding hydrogens is 264 g/mol. The van der Waals surface area contributed by atoms with Gasteiger partial charge in [0.25, 0.3) is 0 Å². The number of rotatable bonds is 4. The lowest BCUT2D eigenvalue weighted by molar-refractivity contribution is 0.564. The number of nitrogens with zero attached hydrogens (tertiary/aromatic N) is 2. The zero-order chi connectivity index (χ0) is 15.2. The standard InChI is InChI=1S/C17H14N2O2/c1-12-4-3-5-15(17(12)19-11-21)9-14-6-7-16(18-10-20)13(2)8-14/h3-8H,9H2,1-2H3. The molecule has 2 aromatic carbocycles. The average molecular weight is 278 g/mol. The lowest BCUT2D eigenvalue weighted by Gasteiger charge is -2.09. The number of benzene rings is 2. The fourth-order valence-corrected chi connectivity index (χ4v) is 2.29. The molecular formula is C17H14N2O2. The molecule has 0 fully saturated rings. The van der Waals surface area contributed by atoms with E-state index in [1.165, 1.54) is 0 Å². The van der Waals surface area contributed by atoms with Gasteiger partial charge in [-0.2, -0.15) is 9.98 Å². The molecule has 0 spiro atoms. The molecule has 0 aliphatic heterocycles. The Balaban J connectivity index is 2.39. The average Bonchev–Trinajstić information content (AvgIpc) is 2.46. The molecule has 0 bridgehead atoms. The summed E-state index contributed by atoms with van der Waals surface area (Å²) in [6, 6.07) is 11.4. The molecule has 0 heterocycles. The summed E-state index contributed by atoms with van der Waals surface area (Å²) in [4.78, 5) is 28.3. The van der Waals surface area contributed by atoms with Crippen molar-refractivity contribution in [2.24, 2.45) is 9.98 Å². The third kappa shape index (κ3) is 3.40. The van der Waals surface area contributed by atoms with Crippen molar-refractivity contribution in [3.05, 3.63) is 58.7 Å². The number of hydrogen-bond donors (Lipinski definition) is 0. The Morgan fingerprint density at radius 1 is 0.952 bits per heavy atom. The minimum atomic E-state index is 0.615. The Labute approximate surface area is 122 Å².